The van der Waals surface area contributed by atoms with Crippen molar-refractivity contribution >= 4 is 28.7 Å². The molecule has 0 bridgehead atoms. The standard InChI is InChI=1S/C24H27N3O3S/c1-2-7-19-8-3-6-11-22(19)30-16-17-31-24-25-20-9-4-5-10-21(20)27(24)18-23(28)26-12-14-29-15-13-26/h2-6,8-11H,1,7,12-18H2. The van der Waals surface area contributed by atoms with Crippen LogP contribution >= 0.6 is 11.8 Å². The van der Waals surface area contributed by atoms with Crippen molar-refractivity contribution in [1.29, 1.82) is 0 Å². The Morgan fingerprint density at radius 2 is 1.94 bits per heavy atom. The molecule has 1 aliphatic rings. The highest BCUT2D eigenvalue weighted by Gasteiger charge is 2.20. The normalized spacial score (nSPS) is 14.0. The maximum absolute atomic E-state index is 12.9. The lowest BCUT2D eigenvalue weighted by atomic mass is 10.1. The van der Waals surface area contributed by atoms with Crippen LogP contribution < -0.4 is 4.74 Å². The van der Waals surface area contributed by atoms with Crippen LogP contribution in [0.15, 0.2) is 66.3 Å². The molecule has 2 heterocycles. The topological polar surface area (TPSA) is 56.6 Å². The van der Waals surface area contributed by atoms with Gasteiger partial charge in [0, 0.05) is 18.8 Å². The van der Waals surface area contributed by atoms with Crippen LogP contribution in [0.4, 0.5) is 0 Å². The molecule has 0 spiro atoms. The molecule has 0 atom stereocenters. The van der Waals surface area contributed by atoms with Gasteiger partial charge in [-0.15, -0.1) is 6.58 Å². The van der Waals surface area contributed by atoms with Gasteiger partial charge in [0.25, 0.3) is 0 Å². The highest BCUT2D eigenvalue weighted by Crippen LogP contribution is 2.25. The summed E-state index contributed by atoms with van der Waals surface area (Å²) in [5.41, 5.74) is 3.01. The summed E-state index contributed by atoms with van der Waals surface area (Å²) >= 11 is 1.61. The van der Waals surface area contributed by atoms with Gasteiger partial charge in [0.05, 0.1) is 30.9 Å². The number of para-hydroxylation sites is 3. The first-order valence-corrected chi connectivity index (χ1v) is 11.5. The van der Waals surface area contributed by atoms with E-state index in [0.717, 1.165) is 39.7 Å². The zero-order valence-corrected chi connectivity index (χ0v) is 18.4. The van der Waals surface area contributed by atoms with Crippen molar-refractivity contribution in [3.05, 3.63) is 66.7 Å². The van der Waals surface area contributed by atoms with Crippen LogP contribution in [-0.4, -0.2) is 59.0 Å². The maximum Gasteiger partial charge on any atom is 0.242 e. The molecular formula is C24H27N3O3S. The minimum atomic E-state index is 0.0999. The van der Waals surface area contributed by atoms with E-state index in [4.69, 9.17) is 14.5 Å². The summed E-state index contributed by atoms with van der Waals surface area (Å²) in [7, 11) is 0. The number of carbonyl (C=O) groups excluding carboxylic acids is 1. The van der Waals surface area contributed by atoms with E-state index in [0.29, 0.717) is 32.9 Å². The Kier molecular flexibility index (Phi) is 7.27. The van der Waals surface area contributed by atoms with Gasteiger partial charge < -0.3 is 18.9 Å². The quantitative estimate of drug-likeness (QED) is 0.290. The van der Waals surface area contributed by atoms with Crippen molar-refractivity contribution in [2.24, 2.45) is 0 Å². The molecule has 31 heavy (non-hydrogen) atoms. The van der Waals surface area contributed by atoms with Crippen LogP contribution in [0.2, 0.25) is 0 Å². The Hall–Kier alpha value is -2.77. The molecule has 0 unspecified atom stereocenters. The molecule has 1 saturated heterocycles. The van der Waals surface area contributed by atoms with Gasteiger partial charge in [-0.1, -0.05) is 48.2 Å². The molecular weight excluding hydrogens is 410 g/mol. The molecule has 1 aliphatic heterocycles. The fourth-order valence-corrected chi connectivity index (χ4v) is 4.45. The number of imidazole rings is 1. The summed E-state index contributed by atoms with van der Waals surface area (Å²) in [6.07, 6.45) is 2.66. The molecule has 3 aromatic rings. The highest BCUT2D eigenvalue weighted by molar-refractivity contribution is 7.99. The third-order valence-electron chi connectivity index (χ3n) is 5.19. The number of benzene rings is 2. The lowest BCUT2D eigenvalue weighted by molar-refractivity contribution is -0.135. The Labute approximate surface area is 186 Å². The number of nitrogens with zero attached hydrogens (tertiary/aromatic N) is 3. The summed E-state index contributed by atoms with van der Waals surface area (Å²) in [6, 6.07) is 16.0. The number of aromatic nitrogens is 2. The molecule has 2 aromatic carbocycles. The molecule has 0 aliphatic carbocycles. The van der Waals surface area contributed by atoms with Gasteiger partial charge >= 0.3 is 0 Å². The molecule has 7 heteroatoms. The van der Waals surface area contributed by atoms with Crippen molar-refractivity contribution < 1.29 is 14.3 Å². The smallest absolute Gasteiger partial charge is 0.242 e. The van der Waals surface area contributed by atoms with Crippen molar-refractivity contribution in [3.63, 3.8) is 0 Å². The van der Waals surface area contributed by atoms with Crippen LogP contribution in [0, 0.1) is 0 Å². The monoisotopic (exact) mass is 437 g/mol. The van der Waals surface area contributed by atoms with E-state index in [1.807, 2.05) is 58.0 Å². The van der Waals surface area contributed by atoms with Gasteiger partial charge in [0.1, 0.15) is 12.3 Å². The summed E-state index contributed by atoms with van der Waals surface area (Å²) in [6.45, 7) is 7.14. The van der Waals surface area contributed by atoms with Crippen LogP contribution in [0.1, 0.15) is 5.56 Å². The highest BCUT2D eigenvalue weighted by atomic mass is 32.2. The predicted octanol–water partition coefficient (Wildman–Crippen LogP) is 3.79. The number of rotatable bonds is 9. The van der Waals surface area contributed by atoms with Crippen LogP contribution in [0.5, 0.6) is 5.75 Å². The van der Waals surface area contributed by atoms with Gasteiger partial charge in [-0.05, 0) is 30.2 Å². The second kappa shape index (κ2) is 10.5. The number of ether oxygens (including phenoxy) is 2. The van der Waals surface area contributed by atoms with Gasteiger partial charge in [0.2, 0.25) is 5.91 Å². The third kappa shape index (κ3) is 5.29. The van der Waals surface area contributed by atoms with Crippen molar-refractivity contribution in [1.82, 2.24) is 14.5 Å². The fraction of sp³-hybridized carbons (Fsp3) is 0.333. The Bertz CT molecular complexity index is 1040. The Morgan fingerprint density at radius 3 is 2.77 bits per heavy atom. The lowest BCUT2D eigenvalue weighted by Crippen LogP contribution is -2.42. The number of allylic oxidation sites excluding steroid dienone is 1. The average Bonchev–Trinajstić information content (AvgIpc) is 3.15. The van der Waals surface area contributed by atoms with Crippen LogP contribution in [-0.2, 0) is 22.5 Å². The molecule has 0 saturated carbocycles. The van der Waals surface area contributed by atoms with Crippen molar-refractivity contribution in [2.45, 2.75) is 18.1 Å². The molecule has 162 valence electrons. The first-order chi connectivity index (χ1) is 15.3. The molecule has 1 aromatic heterocycles. The van der Waals surface area contributed by atoms with E-state index >= 15 is 0 Å². The van der Waals surface area contributed by atoms with E-state index in [9.17, 15) is 4.79 Å². The SMILES string of the molecule is C=CCc1ccccc1OCCSc1nc2ccccc2n1CC(=O)N1CCOCC1. The molecule has 0 N–H and O–H groups in total. The summed E-state index contributed by atoms with van der Waals surface area (Å²) in [4.78, 5) is 19.5. The summed E-state index contributed by atoms with van der Waals surface area (Å²) in [5.74, 6) is 1.72. The van der Waals surface area contributed by atoms with Gasteiger partial charge in [0.15, 0.2) is 5.16 Å². The first kappa shape index (κ1) is 21.5. The molecule has 1 amide bonds. The summed E-state index contributed by atoms with van der Waals surface area (Å²) < 4.78 is 13.4. The number of thioether (sulfide) groups is 1. The number of amides is 1. The third-order valence-corrected chi connectivity index (χ3v) is 6.13. The molecule has 0 radical (unpaired) electrons. The van der Waals surface area contributed by atoms with Gasteiger partial charge in [-0.2, -0.15) is 0 Å². The van der Waals surface area contributed by atoms with Gasteiger partial charge in [-0.3, -0.25) is 4.79 Å². The number of morpholine rings is 1. The first-order valence-electron chi connectivity index (χ1n) is 10.5. The average molecular weight is 438 g/mol. The van der Waals surface area contributed by atoms with Crippen LogP contribution in [0.3, 0.4) is 0 Å². The van der Waals surface area contributed by atoms with E-state index < -0.39 is 0 Å². The zero-order chi connectivity index (χ0) is 21.5. The molecule has 1 fully saturated rings. The fourth-order valence-electron chi connectivity index (χ4n) is 3.62. The Morgan fingerprint density at radius 1 is 1.16 bits per heavy atom. The maximum atomic E-state index is 12.9. The minimum absolute atomic E-state index is 0.0999. The second-order valence-electron chi connectivity index (χ2n) is 7.26. The van der Waals surface area contributed by atoms with E-state index in [-0.39, 0.29) is 12.5 Å². The van der Waals surface area contributed by atoms with Crippen LogP contribution in [0.25, 0.3) is 11.0 Å². The molecule has 4 rings (SSSR count). The zero-order valence-electron chi connectivity index (χ0n) is 17.5. The van der Waals surface area contributed by atoms with E-state index in [1.54, 1.807) is 11.8 Å². The van der Waals surface area contributed by atoms with E-state index in [1.165, 1.54) is 0 Å². The van der Waals surface area contributed by atoms with Gasteiger partial charge in [-0.25, -0.2) is 4.98 Å². The lowest BCUT2D eigenvalue weighted by Gasteiger charge is -2.27. The summed E-state index contributed by atoms with van der Waals surface area (Å²) in [5, 5.41) is 0.839. The number of hydrogen-bond donors (Lipinski definition) is 0. The van der Waals surface area contributed by atoms with Crippen molar-refractivity contribution in [2.75, 3.05) is 38.7 Å². The van der Waals surface area contributed by atoms with E-state index in [2.05, 4.69) is 12.6 Å². The molecule has 6 nitrogen and oxygen atoms in total. The predicted molar refractivity (Wildman–Crippen MR) is 124 cm³/mol. The van der Waals surface area contributed by atoms with Crippen molar-refractivity contribution in [3.8, 4) is 5.75 Å². The second-order valence-corrected chi connectivity index (χ2v) is 8.32. The number of hydrogen-bond acceptors (Lipinski definition) is 5. The number of fused-ring (bicyclic) bond motifs is 1. The largest absolute Gasteiger partial charge is 0.492 e. The minimum Gasteiger partial charge on any atom is -0.492 e. The number of carbonyl (C=O) groups is 1. The Balaban J connectivity index is 1.43.